The summed E-state index contributed by atoms with van der Waals surface area (Å²) in [5.74, 6) is -0.796. The lowest BCUT2D eigenvalue weighted by atomic mass is 10.2. The summed E-state index contributed by atoms with van der Waals surface area (Å²) >= 11 is 0. The first-order chi connectivity index (χ1) is 7.66. The van der Waals surface area contributed by atoms with Crippen LogP contribution in [0.4, 0.5) is 15.8 Å². The van der Waals surface area contributed by atoms with Crippen molar-refractivity contribution in [1.82, 2.24) is 0 Å². The van der Waals surface area contributed by atoms with Crippen molar-refractivity contribution in [2.75, 3.05) is 11.1 Å². The molecule has 0 radical (unpaired) electrons. The van der Waals surface area contributed by atoms with E-state index in [0.717, 1.165) is 6.07 Å². The first kappa shape index (κ1) is 10.2. The second-order valence-electron chi connectivity index (χ2n) is 3.16. The van der Waals surface area contributed by atoms with Crippen molar-refractivity contribution in [3.8, 4) is 0 Å². The predicted octanol–water partition coefficient (Wildman–Crippen LogP) is 2.25. The molecule has 0 aliphatic rings. The average molecular weight is 220 g/mol. The smallest absolute Gasteiger partial charge is 0.291 e. The van der Waals surface area contributed by atoms with Gasteiger partial charge in [0.2, 0.25) is 0 Å². The van der Waals surface area contributed by atoms with Gasteiger partial charge in [-0.25, -0.2) is 4.39 Å². The number of carbonyl (C=O) groups is 1. The van der Waals surface area contributed by atoms with Gasteiger partial charge in [-0.05, 0) is 30.3 Å². The molecule has 16 heavy (non-hydrogen) atoms. The topological polar surface area (TPSA) is 68.3 Å². The molecule has 0 unspecified atom stereocenters. The molecule has 0 spiro atoms. The fourth-order valence-electron chi connectivity index (χ4n) is 1.23. The summed E-state index contributed by atoms with van der Waals surface area (Å²) in [6.07, 6.45) is 1.38. The highest BCUT2D eigenvalue weighted by Gasteiger charge is 2.10. The summed E-state index contributed by atoms with van der Waals surface area (Å²) in [6, 6.07) is 6.84. The third-order valence-electron chi connectivity index (χ3n) is 2.01. The molecule has 0 saturated carbocycles. The lowest BCUT2D eigenvalue weighted by Crippen LogP contribution is -2.12. The van der Waals surface area contributed by atoms with E-state index in [2.05, 4.69) is 5.32 Å². The van der Waals surface area contributed by atoms with E-state index in [0.29, 0.717) is 5.69 Å². The third kappa shape index (κ3) is 2.03. The van der Waals surface area contributed by atoms with Crippen molar-refractivity contribution in [3.05, 3.63) is 48.2 Å². The maximum atomic E-state index is 12.9. The lowest BCUT2D eigenvalue weighted by molar-refractivity contribution is 0.0996. The monoisotopic (exact) mass is 220 g/mol. The van der Waals surface area contributed by atoms with E-state index < -0.39 is 11.7 Å². The highest BCUT2D eigenvalue weighted by Crippen LogP contribution is 2.20. The number of nitrogens with one attached hydrogen (secondary N) is 1. The van der Waals surface area contributed by atoms with Crippen molar-refractivity contribution in [2.24, 2.45) is 0 Å². The molecule has 1 aromatic heterocycles. The van der Waals surface area contributed by atoms with Gasteiger partial charge in [0.05, 0.1) is 17.6 Å². The zero-order valence-electron chi connectivity index (χ0n) is 8.24. The Bertz CT molecular complexity index is 509. The molecule has 5 heteroatoms. The minimum Gasteiger partial charge on any atom is -0.459 e. The molecule has 4 nitrogen and oxygen atoms in total. The average Bonchev–Trinajstić information content (AvgIpc) is 2.76. The van der Waals surface area contributed by atoms with Crippen LogP contribution in [-0.4, -0.2) is 5.91 Å². The summed E-state index contributed by atoms with van der Waals surface area (Å²) in [5.41, 5.74) is 6.10. The summed E-state index contributed by atoms with van der Waals surface area (Å²) in [7, 11) is 0. The zero-order chi connectivity index (χ0) is 11.5. The highest BCUT2D eigenvalue weighted by atomic mass is 19.1. The fraction of sp³-hybridized carbons (Fsp3) is 0. The molecule has 1 aromatic carbocycles. The first-order valence-electron chi connectivity index (χ1n) is 4.56. The minimum absolute atomic E-state index is 0.142. The standard InChI is InChI=1S/C11H9FN2O2/c12-7-3-4-8(13)9(6-7)14-11(15)10-2-1-5-16-10/h1-6H,13H2,(H,14,15). The van der Waals surface area contributed by atoms with E-state index in [1.165, 1.54) is 24.5 Å². The molecule has 0 fully saturated rings. The fourth-order valence-corrected chi connectivity index (χ4v) is 1.23. The normalized spacial score (nSPS) is 10.1. The van der Waals surface area contributed by atoms with Gasteiger partial charge in [0.15, 0.2) is 5.76 Å². The van der Waals surface area contributed by atoms with Gasteiger partial charge in [-0.1, -0.05) is 0 Å². The van der Waals surface area contributed by atoms with E-state index in [4.69, 9.17) is 10.2 Å². The van der Waals surface area contributed by atoms with Crippen molar-refractivity contribution >= 4 is 17.3 Å². The van der Waals surface area contributed by atoms with Crippen LogP contribution in [-0.2, 0) is 0 Å². The quantitative estimate of drug-likeness (QED) is 0.762. The molecule has 2 rings (SSSR count). The molecule has 1 amide bonds. The van der Waals surface area contributed by atoms with Crippen molar-refractivity contribution in [3.63, 3.8) is 0 Å². The molecule has 0 aliphatic heterocycles. The second-order valence-corrected chi connectivity index (χ2v) is 3.16. The molecule has 3 N–H and O–H groups in total. The number of amides is 1. The van der Waals surface area contributed by atoms with Crippen LogP contribution >= 0.6 is 0 Å². The Kier molecular flexibility index (Phi) is 2.59. The Balaban J connectivity index is 2.21. The van der Waals surface area contributed by atoms with Gasteiger partial charge in [0.1, 0.15) is 5.82 Å². The Labute approximate surface area is 90.9 Å². The molecular weight excluding hydrogens is 211 g/mol. The molecule has 1 heterocycles. The maximum absolute atomic E-state index is 12.9. The van der Waals surface area contributed by atoms with E-state index in [1.54, 1.807) is 6.07 Å². The van der Waals surface area contributed by atoms with Crippen LogP contribution in [0.5, 0.6) is 0 Å². The van der Waals surface area contributed by atoms with Gasteiger partial charge in [-0.15, -0.1) is 0 Å². The van der Waals surface area contributed by atoms with E-state index in [9.17, 15) is 9.18 Å². The Morgan fingerprint density at radius 3 is 2.88 bits per heavy atom. The largest absolute Gasteiger partial charge is 0.459 e. The van der Waals surface area contributed by atoms with Crippen LogP contribution in [0.3, 0.4) is 0 Å². The molecule has 0 aliphatic carbocycles. The van der Waals surface area contributed by atoms with Gasteiger partial charge in [0.25, 0.3) is 5.91 Å². The van der Waals surface area contributed by atoms with Crippen LogP contribution in [0, 0.1) is 5.82 Å². The molecule has 2 aromatic rings. The van der Waals surface area contributed by atoms with E-state index in [1.807, 2.05) is 0 Å². The number of hydrogen-bond acceptors (Lipinski definition) is 3. The number of carbonyl (C=O) groups excluding carboxylic acids is 1. The zero-order valence-corrected chi connectivity index (χ0v) is 8.24. The second kappa shape index (κ2) is 4.06. The van der Waals surface area contributed by atoms with Gasteiger partial charge in [0, 0.05) is 0 Å². The number of furan rings is 1. The SMILES string of the molecule is Nc1ccc(F)cc1NC(=O)c1ccco1. The Hall–Kier alpha value is -2.30. The summed E-state index contributed by atoms with van der Waals surface area (Å²) in [6.45, 7) is 0. The van der Waals surface area contributed by atoms with Gasteiger partial charge in [-0.3, -0.25) is 4.79 Å². The molecular formula is C11H9FN2O2. The molecule has 82 valence electrons. The van der Waals surface area contributed by atoms with Gasteiger partial charge >= 0.3 is 0 Å². The number of hydrogen-bond donors (Lipinski definition) is 2. The summed E-state index contributed by atoms with van der Waals surface area (Å²) in [5, 5.41) is 2.46. The van der Waals surface area contributed by atoms with Crippen LogP contribution in [0.1, 0.15) is 10.6 Å². The number of benzene rings is 1. The van der Waals surface area contributed by atoms with Crippen LogP contribution in [0.25, 0.3) is 0 Å². The summed E-state index contributed by atoms with van der Waals surface area (Å²) < 4.78 is 17.8. The van der Waals surface area contributed by atoms with Crippen LogP contribution in [0.15, 0.2) is 41.0 Å². The Morgan fingerprint density at radius 2 is 2.19 bits per heavy atom. The molecule has 0 saturated heterocycles. The van der Waals surface area contributed by atoms with E-state index >= 15 is 0 Å². The molecule has 0 bridgehead atoms. The number of halogens is 1. The van der Waals surface area contributed by atoms with Crippen molar-refractivity contribution in [1.29, 1.82) is 0 Å². The van der Waals surface area contributed by atoms with Crippen molar-refractivity contribution < 1.29 is 13.6 Å². The van der Waals surface area contributed by atoms with Crippen LogP contribution < -0.4 is 11.1 Å². The van der Waals surface area contributed by atoms with Gasteiger partial charge < -0.3 is 15.5 Å². The van der Waals surface area contributed by atoms with Crippen molar-refractivity contribution in [2.45, 2.75) is 0 Å². The third-order valence-corrected chi connectivity index (χ3v) is 2.01. The number of nitrogens with two attached hydrogens (primary N) is 1. The number of nitrogen functional groups attached to an aromatic ring is 1. The molecule has 0 atom stereocenters. The maximum Gasteiger partial charge on any atom is 0.291 e. The predicted molar refractivity (Wildman–Crippen MR) is 57.5 cm³/mol. The highest BCUT2D eigenvalue weighted by molar-refractivity contribution is 6.03. The minimum atomic E-state index is -0.470. The number of anilines is 2. The van der Waals surface area contributed by atoms with Gasteiger partial charge in [-0.2, -0.15) is 0 Å². The number of rotatable bonds is 2. The lowest BCUT2D eigenvalue weighted by Gasteiger charge is -2.06. The van der Waals surface area contributed by atoms with Crippen LogP contribution in [0.2, 0.25) is 0 Å². The van der Waals surface area contributed by atoms with E-state index in [-0.39, 0.29) is 11.4 Å². The first-order valence-corrected chi connectivity index (χ1v) is 4.56. The Morgan fingerprint density at radius 1 is 1.38 bits per heavy atom. The summed E-state index contributed by atoms with van der Waals surface area (Å²) in [4.78, 5) is 11.6.